The lowest BCUT2D eigenvalue weighted by atomic mass is 9.73. The monoisotopic (exact) mass is 230 g/mol. The van der Waals surface area contributed by atoms with Gasteiger partial charge in [-0.25, -0.2) is 0 Å². The highest BCUT2D eigenvalue weighted by Crippen LogP contribution is 2.48. The van der Waals surface area contributed by atoms with Gasteiger partial charge in [0.1, 0.15) is 0 Å². The van der Waals surface area contributed by atoms with Gasteiger partial charge in [0.2, 0.25) is 0 Å². The van der Waals surface area contributed by atoms with E-state index in [1.54, 1.807) is 7.11 Å². The standard InChI is InChI=1S/C13H26O3/c1-9(15-7)13(6,14)10-8-11(2,3)16-12(10,4)5/h9-10,14H,8H2,1-7H3. The Morgan fingerprint density at radius 3 is 2.19 bits per heavy atom. The van der Waals surface area contributed by atoms with E-state index in [1.807, 2.05) is 27.7 Å². The summed E-state index contributed by atoms with van der Waals surface area (Å²) in [5.41, 5.74) is -1.36. The summed E-state index contributed by atoms with van der Waals surface area (Å²) in [6.07, 6.45) is 0.648. The highest BCUT2D eigenvalue weighted by atomic mass is 16.5. The maximum absolute atomic E-state index is 10.6. The van der Waals surface area contributed by atoms with E-state index in [0.29, 0.717) is 0 Å². The molecular formula is C13H26O3. The first-order chi connectivity index (χ1) is 7.03. The normalized spacial score (nSPS) is 33.4. The van der Waals surface area contributed by atoms with Crippen molar-refractivity contribution in [1.29, 1.82) is 0 Å². The summed E-state index contributed by atoms with van der Waals surface area (Å²) in [7, 11) is 1.63. The van der Waals surface area contributed by atoms with Gasteiger partial charge in [0, 0.05) is 13.0 Å². The quantitative estimate of drug-likeness (QED) is 0.809. The summed E-state index contributed by atoms with van der Waals surface area (Å²) in [4.78, 5) is 0. The van der Waals surface area contributed by atoms with Gasteiger partial charge >= 0.3 is 0 Å². The van der Waals surface area contributed by atoms with Crippen LogP contribution >= 0.6 is 0 Å². The van der Waals surface area contributed by atoms with Crippen molar-refractivity contribution >= 4 is 0 Å². The summed E-state index contributed by atoms with van der Waals surface area (Å²) in [5, 5.41) is 10.6. The van der Waals surface area contributed by atoms with E-state index in [-0.39, 0.29) is 23.2 Å². The second kappa shape index (κ2) is 3.97. The van der Waals surface area contributed by atoms with Crippen molar-refractivity contribution in [2.24, 2.45) is 5.92 Å². The summed E-state index contributed by atoms with van der Waals surface area (Å²) >= 11 is 0. The van der Waals surface area contributed by atoms with Gasteiger partial charge in [0.05, 0.1) is 22.9 Å². The second-order valence-electron chi connectivity index (χ2n) is 6.33. The van der Waals surface area contributed by atoms with Crippen molar-refractivity contribution in [2.45, 2.75) is 70.9 Å². The zero-order valence-corrected chi connectivity index (χ0v) is 11.6. The van der Waals surface area contributed by atoms with Crippen LogP contribution in [0.4, 0.5) is 0 Å². The lowest BCUT2D eigenvalue weighted by Gasteiger charge is -2.40. The predicted octanol–water partition coefficient (Wildman–Crippen LogP) is 2.37. The SMILES string of the molecule is COC(C)C(C)(O)C1CC(C)(C)OC1(C)C. The lowest BCUT2D eigenvalue weighted by Crippen LogP contribution is -2.51. The Labute approximate surface area is 99.1 Å². The summed E-state index contributed by atoms with van der Waals surface area (Å²) in [5.74, 6) is 0.0740. The molecule has 1 rings (SSSR count). The van der Waals surface area contributed by atoms with Crippen LogP contribution in [0.25, 0.3) is 0 Å². The molecule has 1 fully saturated rings. The van der Waals surface area contributed by atoms with Crippen LogP contribution < -0.4 is 0 Å². The second-order valence-corrected chi connectivity index (χ2v) is 6.33. The summed E-state index contributed by atoms with van der Waals surface area (Å²) < 4.78 is 11.3. The van der Waals surface area contributed by atoms with Gasteiger partial charge < -0.3 is 14.6 Å². The number of hydrogen-bond donors (Lipinski definition) is 1. The first-order valence-electron chi connectivity index (χ1n) is 5.98. The van der Waals surface area contributed by atoms with E-state index in [4.69, 9.17) is 9.47 Å². The van der Waals surface area contributed by atoms with E-state index in [1.165, 1.54) is 0 Å². The average molecular weight is 230 g/mol. The zero-order valence-electron chi connectivity index (χ0n) is 11.6. The van der Waals surface area contributed by atoms with Crippen LogP contribution in [0.2, 0.25) is 0 Å². The number of ether oxygens (including phenoxy) is 2. The van der Waals surface area contributed by atoms with Gasteiger partial charge in [-0.1, -0.05) is 0 Å². The van der Waals surface area contributed by atoms with Gasteiger partial charge in [-0.05, 0) is 48.0 Å². The molecule has 0 amide bonds. The van der Waals surface area contributed by atoms with Gasteiger partial charge in [-0.2, -0.15) is 0 Å². The van der Waals surface area contributed by atoms with E-state index in [2.05, 4.69) is 13.8 Å². The molecule has 3 atom stereocenters. The van der Waals surface area contributed by atoms with Gasteiger partial charge in [-0.3, -0.25) is 0 Å². The van der Waals surface area contributed by atoms with E-state index in [0.717, 1.165) is 6.42 Å². The molecular weight excluding hydrogens is 204 g/mol. The Hall–Kier alpha value is -0.120. The molecule has 1 heterocycles. The van der Waals surface area contributed by atoms with Crippen molar-refractivity contribution in [3.63, 3.8) is 0 Å². The molecule has 1 aliphatic rings. The topological polar surface area (TPSA) is 38.7 Å². The number of rotatable bonds is 3. The fraction of sp³-hybridized carbons (Fsp3) is 1.00. The van der Waals surface area contributed by atoms with Crippen LogP contribution in [0.5, 0.6) is 0 Å². The van der Waals surface area contributed by atoms with Crippen molar-refractivity contribution in [3.8, 4) is 0 Å². The molecule has 0 spiro atoms. The minimum atomic E-state index is -0.869. The molecule has 1 N–H and O–H groups in total. The molecule has 0 radical (unpaired) electrons. The van der Waals surface area contributed by atoms with Crippen molar-refractivity contribution < 1.29 is 14.6 Å². The van der Waals surface area contributed by atoms with Crippen molar-refractivity contribution in [3.05, 3.63) is 0 Å². The molecule has 0 aliphatic carbocycles. The molecule has 0 saturated carbocycles. The van der Waals surface area contributed by atoms with Gasteiger partial charge in [0.15, 0.2) is 0 Å². The third-order valence-electron chi connectivity index (χ3n) is 3.96. The first-order valence-corrected chi connectivity index (χ1v) is 5.98. The maximum atomic E-state index is 10.6. The number of methoxy groups -OCH3 is 1. The third kappa shape index (κ3) is 2.41. The predicted molar refractivity (Wildman–Crippen MR) is 64.4 cm³/mol. The molecule has 16 heavy (non-hydrogen) atoms. The average Bonchev–Trinajstić information content (AvgIpc) is 2.33. The molecule has 96 valence electrons. The molecule has 0 aromatic carbocycles. The van der Waals surface area contributed by atoms with Crippen LogP contribution in [-0.4, -0.2) is 35.1 Å². The molecule has 3 unspecified atom stereocenters. The fourth-order valence-electron chi connectivity index (χ4n) is 2.99. The summed E-state index contributed by atoms with van der Waals surface area (Å²) in [6, 6.07) is 0. The molecule has 0 aromatic rings. The largest absolute Gasteiger partial charge is 0.387 e. The minimum absolute atomic E-state index is 0.0740. The Kier molecular flexibility index (Phi) is 3.46. The Morgan fingerprint density at radius 2 is 1.88 bits per heavy atom. The van der Waals surface area contributed by atoms with Crippen LogP contribution in [0, 0.1) is 5.92 Å². The smallest absolute Gasteiger partial charge is 0.0933 e. The fourth-order valence-corrected chi connectivity index (χ4v) is 2.99. The van der Waals surface area contributed by atoms with Crippen LogP contribution in [0.1, 0.15) is 48.0 Å². The van der Waals surface area contributed by atoms with E-state index >= 15 is 0 Å². The molecule has 3 heteroatoms. The molecule has 0 bridgehead atoms. The molecule has 0 aromatic heterocycles. The first kappa shape index (κ1) is 13.9. The molecule has 3 nitrogen and oxygen atoms in total. The maximum Gasteiger partial charge on any atom is 0.0933 e. The van der Waals surface area contributed by atoms with Crippen molar-refractivity contribution in [1.82, 2.24) is 0 Å². The van der Waals surface area contributed by atoms with Gasteiger partial charge in [0.25, 0.3) is 0 Å². The van der Waals surface area contributed by atoms with Crippen LogP contribution in [-0.2, 0) is 9.47 Å². The number of aliphatic hydroxyl groups is 1. The summed E-state index contributed by atoms with van der Waals surface area (Å²) in [6.45, 7) is 12.0. The Bertz CT molecular complexity index is 256. The highest BCUT2D eigenvalue weighted by Gasteiger charge is 2.55. The van der Waals surface area contributed by atoms with Crippen LogP contribution in [0.15, 0.2) is 0 Å². The Balaban J connectivity index is 2.96. The van der Waals surface area contributed by atoms with E-state index < -0.39 is 5.60 Å². The van der Waals surface area contributed by atoms with Crippen molar-refractivity contribution in [2.75, 3.05) is 7.11 Å². The van der Waals surface area contributed by atoms with E-state index in [9.17, 15) is 5.11 Å². The zero-order chi connectivity index (χ0) is 12.8. The molecule has 1 saturated heterocycles. The Morgan fingerprint density at radius 1 is 1.38 bits per heavy atom. The lowest BCUT2D eigenvalue weighted by molar-refractivity contribution is -0.149. The van der Waals surface area contributed by atoms with Crippen LogP contribution in [0.3, 0.4) is 0 Å². The minimum Gasteiger partial charge on any atom is -0.387 e. The third-order valence-corrected chi connectivity index (χ3v) is 3.96. The number of hydrogen-bond acceptors (Lipinski definition) is 3. The molecule has 1 aliphatic heterocycles. The highest BCUT2D eigenvalue weighted by molar-refractivity contribution is 5.04. The van der Waals surface area contributed by atoms with Gasteiger partial charge in [-0.15, -0.1) is 0 Å².